The Bertz CT molecular complexity index is 327. The lowest BCUT2D eigenvalue weighted by Gasteiger charge is -2.08. The molecule has 0 aliphatic carbocycles. The summed E-state index contributed by atoms with van der Waals surface area (Å²) in [5.74, 6) is -0.0185. The zero-order valence-corrected chi connectivity index (χ0v) is 9.38. The summed E-state index contributed by atoms with van der Waals surface area (Å²) in [6, 6.07) is 0. The van der Waals surface area contributed by atoms with E-state index in [0.717, 1.165) is 0 Å². The standard InChI is InChI=1S/C9H15N3O2S/c1-6(4-13)3-11-8(14)2-7-5-15-9(10)12-7/h5-6,13H,2-4H2,1H3,(H2,10,12)(H,11,14). The summed E-state index contributed by atoms with van der Waals surface area (Å²) in [5, 5.41) is 13.7. The summed E-state index contributed by atoms with van der Waals surface area (Å²) in [6.45, 7) is 2.42. The zero-order valence-electron chi connectivity index (χ0n) is 8.56. The minimum atomic E-state index is -0.0967. The van der Waals surface area contributed by atoms with Gasteiger partial charge in [-0.1, -0.05) is 6.92 Å². The molecule has 6 heteroatoms. The number of nitrogen functional groups attached to an aromatic ring is 1. The van der Waals surface area contributed by atoms with Crippen LogP contribution in [0, 0.1) is 5.92 Å². The summed E-state index contributed by atoms with van der Waals surface area (Å²) in [7, 11) is 0. The summed E-state index contributed by atoms with van der Waals surface area (Å²) >= 11 is 1.32. The van der Waals surface area contributed by atoms with Crippen LogP contribution in [0.15, 0.2) is 5.38 Å². The number of carbonyl (C=O) groups excluding carboxylic acids is 1. The van der Waals surface area contributed by atoms with Crippen molar-refractivity contribution < 1.29 is 9.90 Å². The molecule has 0 aliphatic rings. The summed E-state index contributed by atoms with van der Waals surface area (Å²) < 4.78 is 0. The Morgan fingerprint density at radius 1 is 1.80 bits per heavy atom. The predicted octanol–water partition coefficient (Wildman–Crippen LogP) is 0.0124. The SMILES string of the molecule is CC(CO)CNC(=O)Cc1csc(N)n1. The second-order valence-electron chi connectivity index (χ2n) is 3.45. The lowest BCUT2D eigenvalue weighted by Crippen LogP contribution is -2.30. The second kappa shape index (κ2) is 5.67. The molecule has 0 bridgehead atoms. The van der Waals surface area contributed by atoms with Crippen LogP contribution >= 0.6 is 11.3 Å². The minimum absolute atomic E-state index is 0.0733. The van der Waals surface area contributed by atoms with Gasteiger partial charge in [0.15, 0.2) is 5.13 Å². The van der Waals surface area contributed by atoms with Crippen molar-refractivity contribution in [1.29, 1.82) is 0 Å². The van der Waals surface area contributed by atoms with Gasteiger partial charge in [-0.15, -0.1) is 11.3 Å². The number of aliphatic hydroxyl groups is 1. The molecule has 1 aromatic rings. The Labute approximate surface area is 92.3 Å². The summed E-state index contributed by atoms with van der Waals surface area (Å²) in [4.78, 5) is 15.4. The average Bonchev–Trinajstić information content (AvgIpc) is 2.60. The van der Waals surface area contributed by atoms with E-state index in [1.165, 1.54) is 11.3 Å². The molecule has 0 saturated carbocycles. The van der Waals surface area contributed by atoms with E-state index in [1.807, 2.05) is 6.92 Å². The van der Waals surface area contributed by atoms with Crippen LogP contribution in [-0.4, -0.2) is 29.1 Å². The minimum Gasteiger partial charge on any atom is -0.396 e. The van der Waals surface area contributed by atoms with Crippen molar-refractivity contribution in [2.45, 2.75) is 13.3 Å². The molecule has 1 atom stereocenters. The maximum absolute atomic E-state index is 11.4. The normalized spacial score (nSPS) is 12.4. The Hall–Kier alpha value is -1.14. The van der Waals surface area contributed by atoms with Crippen molar-refractivity contribution in [3.05, 3.63) is 11.1 Å². The number of thiazole rings is 1. The monoisotopic (exact) mass is 229 g/mol. The van der Waals surface area contributed by atoms with Crippen LogP contribution in [0.4, 0.5) is 5.13 Å². The van der Waals surface area contributed by atoms with E-state index in [9.17, 15) is 4.79 Å². The molecule has 4 N–H and O–H groups in total. The topological polar surface area (TPSA) is 88.2 Å². The van der Waals surface area contributed by atoms with Crippen molar-refractivity contribution in [2.75, 3.05) is 18.9 Å². The average molecular weight is 229 g/mol. The molecule has 1 rings (SSSR count). The van der Waals surface area contributed by atoms with Crippen LogP contribution in [-0.2, 0) is 11.2 Å². The van der Waals surface area contributed by atoms with Gasteiger partial charge in [0.25, 0.3) is 0 Å². The molecule has 15 heavy (non-hydrogen) atoms. The van der Waals surface area contributed by atoms with Gasteiger partial charge < -0.3 is 16.2 Å². The van der Waals surface area contributed by atoms with Gasteiger partial charge in [0.2, 0.25) is 5.91 Å². The van der Waals surface area contributed by atoms with E-state index in [4.69, 9.17) is 10.8 Å². The summed E-state index contributed by atoms with van der Waals surface area (Å²) in [5.41, 5.74) is 6.13. The molecule has 84 valence electrons. The molecule has 1 unspecified atom stereocenters. The smallest absolute Gasteiger partial charge is 0.226 e. The predicted molar refractivity (Wildman–Crippen MR) is 59.5 cm³/mol. The quantitative estimate of drug-likeness (QED) is 0.663. The van der Waals surface area contributed by atoms with Crippen molar-refractivity contribution in [1.82, 2.24) is 10.3 Å². The number of anilines is 1. The number of carbonyl (C=O) groups is 1. The second-order valence-corrected chi connectivity index (χ2v) is 4.34. The van der Waals surface area contributed by atoms with E-state index < -0.39 is 0 Å². The van der Waals surface area contributed by atoms with Gasteiger partial charge in [-0.05, 0) is 5.92 Å². The van der Waals surface area contributed by atoms with E-state index in [-0.39, 0.29) is 24.9 Å². The van der Waals surface area contributed by atoms with Crippen LogP contribution in [0.2, 0.25) is 0 Å². The summed E-state index contributed by atoms with van der Waals surface area (Å²) in [6.07, 6.45) is 0.242. The number of aliphatic hydroxyl groups excluding tert-OH is 1. The number of hydrogen-bond acceptors (Lipinski definition) is 5. The highest BCUT2D eigenvalue weighted by Crippen LogP contribution is 2.11. The molecule has 0 aromatic carbocycles. The van der Waals surface area contributed by atoms with Crippen LogP contribution in [0.1, 0.15) is 12.6 Å². The van der Waals surface area contributed by atoms with Gasteiger partial charge in [-0.3, -0.25) is 4.79 Å². The molecule has 1 heterocycles. The number of nitrogens with zero attached hydrogens (tertiary/aromatic N) is 1. The molecular weight excluding hydrogens is 214 g/mol. The molecule has 0 radical (unpaired) electrons. The maximum atomic E-state index is 11.4. The Morgan fingerprint density at radius 3 is 3.07 bits per heavy atom. The molecule has 1 amide bonds. The Morgan fingerprint density at radius 2 is 2.53 bits per heavy atom. The van der Waals surface area contributed by atoms with E-state index >= 15 is 0 Å². The van der Waals surface area contributed by atoms with Crippen molar-refractivity contribution in [3.63, 3.8) is 0 Å². The van der Waals surface area contributed by atoms with Gasteiger partial charge in [0.05, 0.1) is 12.1 Å². The highest BCUT2D eigenvalue weighted by Gasteiger charge is 2.07. The van der Waals surface area contributed by atoms with Gasteiger partial charge in [0.1, 0.15) is 0 Å². The van der Waals surface area contributed by atoms with E-state index in [1.54, 1.807) is 5.38 Å². The third-order valence-corrected chi connectivity index (χ3v) is 2.59. The highest BCUT2D eigenvalue weighted by molar-refractivity contribution is 7.13. The van der Waals surface area contributed by atoms with Gasteiger partial charge in [-0.2, -0.15) is 0 Å². The Kier molecular flexibility index (Phi) is 4.51. The lowest BCUT2D eigenvalue weighted by atomic mass is 10.2. The fraction of sp³-hybridized carbons (Fsp3) is 0.556. The van der Waals surface area contributed by atoms with E-state index in [2.05, 4.69) is 10.3 Å². The van der Waals surface area contributed by atoms with Crippen LogP contribution < -0.4 is 11.1 Å². The van der Waals surface area contributed by atoms with Crippen LogP contribution in [0.25, 0.3) is 0 Å². The van der Waals surface area contributed by atoms with Crippen molar-refractivity contribution in [2.24, 2.45) is 5.92 Å². The molecule has 0 saturated heterocycles. The molecule has 0 aliphatic heterocycles. The van der Waals surface area contributed by atoms with Gasteiger partial charge >= 0.3 is 0 Å². The number of nitrogens with two attached hydrogens (primary N) is 1. The number of nitrogens with one attached hydrogen (secondary N) is 1. The van der Waals surface area contributed by atoms with Gasteiger partial charge in [0, 0.05) is 18.5 Å². The number of amides is 1. The molecule has 5 nitrogen and oxygen atoms in total. The zero-order chi connectivity index (χ0) is 11.3. The molecule has 0 fully saturated rings. The van der Waals surface area contributed by atoms with Crippen molar-refractivity contribution >= 4 is 22.4 Å². The third-order valence-electron chi connectivity index (χ3n) is 1.87. The van der Waals surface area contributed by atoms with E-state index in [0.29, 0.717) is 17.4 Å². The number of rotatable bonds is 5. The van der Waals surface area contributed by atoms with Crippen LogP contribution in [0.3, 0.4) is 0 Å². The number of hydrogen-bond donors (Lipinski definition) is 3. The van der Waals surface area contributed by atoms with Crippen molar-refractivity contribution in [3.8, 4) is 0 Å². The molecule has 0 spiro atoms. The third kappa shape index (κ3) is 4.26. The first-order valence-corrected chi connectivity index (χ1v) is 5.57. The Balaban J connectivity index is 2.30. The number of aromatic nitrogens is 1. The first-order chi connectivity index (χ1) is 7.11. The lowest BCUT2D eigenvalue weighted by molar-refractivity contribution is -0.120. The first kappa shape index (κ1) is 11.9. The molecule has 1 aromatic heterocycles. The fourth-order valence-corrected chi connectivity index (χ4v) is 1.55. The maximum Gasteiger partial charge on any atom is 0.226 e. The van der Waals surface area contributed by atoms with Gasteiger partial charge in [-0.25, -0.2) is 4.98 Å². The molecular formula is C9H15N3O2S. The first-order valence-electron chi connectivity index (χ1n) is 4.69. The fourth-order valence-electron chi connectivity index (χ4n) is 0.983. The highest BCUT2D eigenvalue weighted by atomic mass is 32.1. The largest absolute Gasteiger partial charge is 0.396 e. The van der Waals surface area contributed by atoms with Crippen LogP contribution in [0.5, 0.6) is 0 Å².